The smallest absolute Gasteiger partial charge is 0.155 e. The van der Waals surface area contributed by atoms with Crippen LogP contribution < -0.4 is 10.7 Å². The maximum atomic E-state index is 13.0. The SMILES string of the molecule is O/N=c1\cc(-c2cc3cccn3cn2)oc2ccc(CNCc3ccc(F)cc3)cc12. The third-order valence-corrected chi connectivity index (χ3v) is 5.16. The second kappa shape index (κ2) is 8.04. The van der Waals surface area contributed by atoms with Crippen molar-refractivity contribution in [3.63, 3.8) is 0 Å². The molecule has 7 heteroatoms. The Morgan fingerprint density at radius 1 is 1.00 bits per heavy atom. The molecule has 0 saturated carbocycles. The summed E-state index contributed by atoms with van der Waals surface area (Å²) in [6.07, 6.45) is 3.64. The Morgan fingerprint density at radius 3 is 2.65 bits per heavy atom. The van der Waals surface area contributed by atoms with Crippen molar-refractivity contribution < 1.29 is 14.0 Å². The number of halogens is 1. The van der Waals surface area contributed by atoms with E-state index >= 15 is 0 Å². The maximum Gasteiger partial charge on any atom is 0.155 e. The standard InChI is InChI=1S/C24H19FN4O2/c25-18-6-3-16(4-7-18)13-26-14-17-5-8-23-20(10-17)21(28-30)12-24(31-23)22-11-19-2-1-9-29(19)15-27-22/h1-12,15,26,30H,13-14H2/b28-21+. The van der Waals surface area contributed by atoms with Gasteiger partial charge < -0.3 is 19.3 Å². The van der Waals surface area contributed by atoms with Crippen molar-refractivity contribution in [2.45, 2.75) is 13.1 Å². The quantitative estimate of drug-likeness (QED) is 0.329. The van der Waals surface area contributed by atoms with E-state index in [-0.39, 0.29) is 5.82 Å². The lowest BCUT2D eigenvalue weighted by molar-refractivity contribution is 0.302. The van der Waals surface area contributed by atoms with Crippen molar-refractivity contribution in [3.8, 4) is 11.5 Å². The van der Waals surface area contributed by atoms with Crippen molar-refractivity contribution in [3.05, 3.63) is 102 Å². The van der Waals surface area contributed by atoms with E-state index in [1.165, 1.54) is 12.1 Å². The van der Waals surface area contributed by atoms with Crippen molar-refractivity contribution in [1.82, 2.24) is 14.7 Å². The van der Waals surface area contributed by atoms with Crippen LogP contribution >= 0.6 is 0 Å². The van der Waals surface area contributed by atoms with E-state index in [1.807, 2.05) is 47.0 Å². The molecule has 6 nitrogen and oxygen atoms in total. The van der Waals surface area contributed by atoms with Gasteiger partial charge in [0.2, 0.25) is 0 Å². The van der Waals surface area contributed by atoms with Gasteiger partial charge in [-0.2, -0.15) is 0 Å². The Balaban J connectivity index is 1.42. The third kappa shape index (κ3) is 3.91. The fraction of sp³-hybridized carbons (Fsp3) is 0.0833. The molecule has 0 bridgehead atoms. The summed E-state index contributed by atoms with van der Waals surface area (Å²) in [6, 6.07) is 19.7. The van der Waals surface area contributed by atoms with E-state index in [1.54, 1.807) is 24.5 Å². The summed E-state index contributed by atoms with van der Waals surface area (Å²) in [6.45, 7) is 1.22. The van der Waals surface area contributed by atoms with E-state index in [2.05, 4.69) is 15.5 Å². The lowest BCUT2D eigenvalue weighted by atomic mass is 10.1. The Hall–Kier alpha value is -3.97. The zero-order chi connectivity index (χ0) is 21.2. The van der Waals surface area contributed by atoms with Gasteiger partial charge in [0.15, 0.2) is 5.76 Å². The number of fused-ring (bicyclic) bond motifs is 2. The molecule has 5 aromatic rings. The minimum absolute atomic E-state index is 0.245. The summed E-state index contributed by atoms with van der Waals surface area (Å²) in [5.74, 6) is 0.275. The summed E-state index contributed by atoms with van der Waals surface area (Å²) >= 11 is 0. The first-order valence-electron chi connectivity index (χ1n) is 9.83. The molecule has 0 amide bonds. The van der Waals surface area contributed by atoms with Gasteiger partial charge in [0.25, 0.3) is 0 Å². The topological polar surface area (TPSA) is 75.1 Å². The largest absolute Gasteiger partial charge is 0.454 e. The van der Waals surface area contributed by atoms with Crippen LogP contribution in [0.4, 0.5) is 4.39 Å². The average Bonchev–Trinajstić information content (AvgIpc) is 3.27. The number of benzene rings is 2. The van der Waals surface area contributed by atoms with Crippen LogP contribution in [0, 0.1) is 5.82 Å². The predicted molar refractivity (Wildman–Crippen MR) is 115 cm³/mol. The molecule has 0 radical (unpaired) electrons. The number of hydrogen-bond donors (Lipinski definition) is 2. The van der Waals surface area contributed by atoms with E-state index in [0.717, 1.165) is 16.6 Å². The summed E-state index contributed by atoms with van der Waals surface area (Å²) in [5, 5.41) is 17.5. The second-order valence-corrected chi connectivity index (χ2v) is 7.27. The van der Waals surface area contributed by atoms with Gasteiger partial charge in [-0.15, -0.1) is 0 Å². The van der Waals surface area contributed by atoms with Crippen LogP contribution in [0.5, 0.6) is 0 Å². The van der Waals surface area contributed by atoms with Crippen LogP contribution in [0.1, 0.15) is 11.1 Å². The van der Waals surface area contributed by atoms with Crippen LogP contribution in [0.3, 0.4) is 0 Å². The van der Waals surface area contributed by atoms with Crippen LogP contribution in [0.15, 0.2) is 88.8 Å². The summed E-state index contributed by atoms with van der Waals surface area (Å²) < 4.78 is 21.0. The van der Waals surface area contributed by atoms with Gasteiger partial charge >= 0.3 is 0 Å². The monoisotopic (exact) mass is 414 g/mol. The lowest BCUT2D eigenvalue weighted by Crippen LogP contribution is -2.13. The molecule has 5 rings (SSSR count). The van der Waals surface area contributed by atoms with Gasteiger partial charge in [-0.1, -0.05) is 23.4 Å². The van der Waals surface area contributed by atoms with Gasteiger partial charge in [0.1, 0.15) is 22.5 Å². The Bertz CT molecular complexity index is 1440. The first kappa shape index (κ1) is 19.0. The highest BCUT2D eigenvalue weighted by atomic mass is 19.1. The molecule has 0 atom stereocenters. The molecule has 0 aliphatic rings. The van der Waals surface area contributed by atoms with E-state index in [9.17, 15) is 9.60 Å². The molecule has 2 aromatic carbocycles. The molecular weight excluding hydrogens is 395 g/mol. The summed E-state index contributed by atoms with van der Waals surface area (Å²) in [4.78, 5) is 4.44. The first-order chi connectivity index (χ1) is 15.2. The van der Waals surface area contributed by atoms with Crippen LogP contribution in [0.2, 0.25) is 0 Å². The predicted octanol–water partition coefficient (Wildman–Crippen LogP) is 4.47. The zero-order valence-corrected chi connectivity index (χ0v) is 16.5. The zero-order valence-electron chi connectivity index (χ0n) is 16.5. The highest BCUT2D eigenvalue weighted by Crippen LogP contribution is 2.22. The van der Waals surface area contributed by atoms with Gasteiger partial charge in [0, 0.05) is 36.3 Å². The van der Waals surface area contributed by atoms with Gasteiger partial charge in [-0.3, -0.25) is 0 Å². The van der Waals surface area contributed by atoms with Crippen molar-refractivity contribution in [1.29, 1.82) is 0 Å². The fourth-order valence-corrected chi connectivity index (χ4v) is 3.56. The summed E-state index contributed by atoms with van der Waals surface area (Å²) in [5.41, 5.74) is 4.26. The van der Waals surface area contributed by atoms with E-state index < -0.39 is 0 Å². The van der Waals surface area contributed by atoms with Crippen molar-refractivity contribution in [2.24, 2.45) is 5.16 Å². The Morgan fingerprint density at radius 2 is 1.81 bits per heavy atom. The third-order valence-electron chi connectivity index (χ3n) is 5.16. The highest BCUT2D eigenvalue weighted by molar-refractivity contribution is 5.79. The van der Waals surface area contributed by atoms with E-state index in [0.29, 0.717) is 40.9 Å². The molecule has 0 saturated heterocycles. The molecule has 0 spiro atoms. The molecule has 154 valence electrons. The Kier molecular flexibility index (Phi) is 4.93. The van der Waals surface area contributed by atoms with Gasteiger partial charge in [0.05, 0.1) is 6.33 Å². The minimum atomic E-state index is -0.245. The van der Waals surface area contributed by atoms with Crippen molar-refractivity contribution >= 4 is 16.5 Å². The number of rotatable bonds is 5. The summed E-state index contributed by atoms with van der Waals surface area (Å²) in [7, 11) is 0. The normalized spacial score (nSPS) is 12.1. The molecule has 2 N–H and O–H groups in total. The number of nitrogens with zero attached hydrogens (tertiary/aromatic N) is 3. The molecule has 3 aromatic heterocycles. The maximum absolute atomic E-state index is 13.0. The second-order valence-electron chi connectivity index (χ2n) is 7.27. The average molecular weight is 414 g/mol. The number of hydrogen-bond acceptors (Lipinski definition) is 5. The van der Waals surface area contributed by atoms with E-state index in [4.69, 9.17) is 4.42 Å². The fourth-order valence-electron chi connectivity index (χ4n) is 3.56. The number of nitrogens with one attached hydrogen (secondary N) is 1. The van der Waals surface area contributed by atoms with Crippen LogP contribution in [-0.2, 0) is 13.1 Å². The highest BCUT2D eigenvalue weighted by Gasteiger charge is 2.09. The molecule has 0 aliphatic heterocycles. The molecule has 0 fully saturated rings. The van der Waals surface area contributed by atoms with Crippen LogP contribution in [-0.4, -0.2) is 14.6 Å². The van der Waals surface area contributed by atoms with Crippen LogP contribution in [0.25, 0.3) is 27.9 Å². The van der Waals surface area contributed by atoms with Gasteiger partial charge in [-0.05, 0) is 53.6 Å². The molecule has 0 unspecified atom stereocenters. The Labute approximate surface area is 176 Å². The molecule has 3 heterocycles. The molecular formula is C24H19FN4O2. The lowest BCUT2D eigenvalue weighted by Gasteiger charge is -2.08. The first-order valence-corrected chi connectivity index (χ1v) is 9.83. The van der Waals surface area contributed by atoms with Gasteiger partial charge in [-0.25, -0.2) is 9.37 Å². The van der Waals surface area contributed by atoms with Crippen molar-refractivity contribution in [2.75, 3.05) is 0 Å². The number of aromatic nitrogens is 2. The molecule has 31 heavy (non-hydrogen) atoms. The minimum Gasteiger partial charge on any atom is -0.454 e. The molecule has 0 aliphatic carbocycles.